The topological polar surface area (TPSA) is 86.5 Å². The van der Waals surface area contributed by atoms with E-state index in [1.54, 1.807) is 24.4 Å². The van der Waals surface area contributed by atoms with Gasteiger partial charge in [0.1, 0.15) is 0 Å². The summed E-state index contributed by atoms with van der Waals surface area (Å²) < 4.78 is 0. The second-order valence-corrected chi connectivity index (χ2v) is 4.28. The van der Waals surface area contributed by atoms with Crippen molar-refractivity contribution >= 4 is 17.5 Å². The Morgan fingerprint density at radius 3 is 2.89 bits per heavy atom. The highest BCUT2D eigenvalue weighted by Crippen LogP contribution is 2.15. The van der Waals surface area contributed by atoms with Gasteiger partial charge < -0.3 is 10.6 Å². The first-order chi connectivity index (χ1) is 9.17. The van der Waals surface area contributed by atoms with Gasteiger partial charge in [0.05, 0.1) is 17.8 Å². The Bertz CT molecular complexity index is 602. The molecule has 0 aliphatic heterocycles. The first kappa shape index (κ1) is 12.8. The second-order valence-electron chi connectivity index (χ2n) is 4.28. The van der Waals surface area contributed by atoms with Crippen LogP contribution in [0, 0.1) is 11.3 Å². The van der Waals surface area contributed by atoms with Crippen LogP contribution in [0.2, 0.25) is 0 Å². The molecule has 2 N–H and O–H groups in total. The van der Waals surface area contributed by atoms with Crippen LogP contribution in [0.1, 0.15) is 19.4 Å². The lowest BCUT2D eigenvalue weighted by atomic mass is 10.2. The maximum absolute atomic E-state index is 8.84. The van der Waals surface area contributed by atoms with Gasteiger partial charge in [0.15, 0.2) is 5.82 Å². The quantitative estimate of drug-likeness (QED) is 0.870. The first-order valence-corrected chi connectivity index (χ1v) is 5.91. The van der Waals surface area contributed by atoms with E-state index in [4.69, 9.17) is 5.26 Å². The summed E-state index contributed by atoms with van der Waals surface area (Å²) >= 11 is 0. The summed E-state index contributed by atoms with van der Waals surface area (Å²) in [6.07, 6.45) is 1.57. The summed E-state index contributed by atoms with van der Waals surface area (Å²) in [6.45, 7) is 4.04. The van der Waals surface area contributed by atoms with Crippen LogP contribution >= 0.6 is 0 Å². The van der Waals surface area contributed by atoms with Gasteiger partial charge in [-0.2, -0.15) is 15.3 Å². The summed E-state index contributed by atoms with van der Waals surface area (Å²) in [5.74, 6) is 1.05. The summed E-state index contributed by atoms with van der Waals surface area (Å²) in [5, 5.41) is 22.8. The van der Waals surface area contributed by atoms with Gasteiger partial charge in [0.2, 0.25) is 5.95 Å². The molecule has 2 rings (SSSR count). The molecule has 1 heterocycles. The molecule has 0 atom stereocenters. The molecule has 6 nitrogen and oxygen atoms in total. The second kappa shape index (κ2) is 5.78. The fraction of sp³-hybridized carbons (Fsp3) is 0.231. The highest BCUT2D eigenvalue weighted by Gasteiger charge is 2.03. The normalized spacial score (nSPS) is 10.0. The van der Waals surface area contributed by atoms with Gasteiger partial charge in [-0.3, -0.25) is 0 Å². The fourth-order valence-electron chi connectivity index (χ4n) is 1.52. The van der Waals surface area contributed by atoms with E-state index >= 15 is 0 Å². The molecule has 0 radical (unpaired) electrons. The van der Waals surface area contributed by atoms with Crippen molar-refractivity contribution in [2.24, 2.45) is 0 Å². The Morgan fingerprint density at radius 2 is 2.16 bits per heavy atom. The van der Waals surface area contributed by atoms with Gasteiger partial charge in [-0.25, -0.2) is 0 Å². The molecule has 2 aromatic rings. The minimum absolute atomic E-state index is 0.270. The van der Waals surface area contributed by atoms with Crippen LogP contribution in [0.3, 0.4) is 0 Å². The molecule has 0 saturated carbocycles. The predicted molar refractivity (Wildman–Crippen MR) is 73.0 cm³/mol. The molecule has 1 aromatic carbocycles. The Morgan fingerprint density at radius 1 is 1.32 bits per heavy atom. The van der Waals surface area contributed by atoms with E-state index in [1.807, 2.05) is 19.9 Å². The Labute approximate surface area is 111 Å². The molecule has 0 unspecified atom stereocenters. The average molecular weight is 254 g/mol. The molecule has 0 spiro atoms. The van der Waals surface area contributed by atoms with Gasteiger partial charge in [-0.1, -0.05) is 6.07 Å². The highest BCUT2D eigenvalue weighted by atomic mass is 15.3. The number of nitriles is 1. The van der Waals surface area contributed by atoms with Crippen LogP contribution in [0.25, 0.3) is 0 Å². The number of hydrogen-bond donors (Lipinski definition) is 2. The van der Waals surface area contributed by atoms with Crippen LogP contribution in [0.5, 0.6) is 0 Å². The molecular formula is C13H14N6. The molecule has 1 aromatic heterocycles. The van der Waals surface area contributed by atoms with E-state index < -0.39 is 0 Å². The third-order valence-electron chi connectivity index (χ3n) is 2.24. The van der Waals surface area contributed by atoms with Crippen molar-refractivity contribution in [2.45, 2.75) is 19.9 Å². The van der Waals surface area contributed by atoms with Gasteiger partial charge in [-0.05, 0) is 32.0 Å². The molecule has 6 heteroatoms. The number of rotatable bonds is 4. The van der Waals surface area contributed by atoms with Gasteiger partial charge >= 0.3 is 0 Å². The van der Waals surface area contributed by atoms with Crippen LogP contribution in [0.4, 0.5) is 17.5 Å². The highest BCUT2D eigenvalue weighted by molar-refractivity contribution is 5.56. The van der Waals surface area contributed by atoms with E-state index in [2.05, 4.69) is 31.9 Å². The molecule has 0 aliphatic carbocycles. The van der Waals surface area contributed by atoms with Crippen LogP contribution < -0.4 is 10.6 Å². The smallest absolute Gasteiger partial charge is 0.249 e. The van der Waals surface area contributed by atoms with E-state index in [-0.39, 0.29) is 6.04 Å². The van der Waals surface area contributed by atoms with Crippen molar-refractivity contribution in [1.82, 2.24) is 15.2 Å². The molecule has 19 heavy (non-hydrogen) atoms. The van der Waals surface area contributed by atoms with Crippen molar-refractivity contribution < 1.29 is 0 Å². The molecule has 0 bridgehead atoms. The lowest BCUT2D eigenvalue weighted by Gasteiger charge is -2.09. The van der Waals surface area contributed by atoms with Crippen molar-refractivity contribution in [3.8, 4) is 6.07 Å². The minimum Gasteiger partial charge on any atom is -0.366 e. The van der Waals surface area contributed by atoms with Crippen molar-refractivity contribution in [3.05, 3.63) is 36.0 Å². The van der Waals surface area contributed by atoms with E-state index in [0.29, 0.717) is 17.3 Å². The Balaban J connectivity index is 2.16. The average Bonchev–Trinajstić information content (AvgIpc) is 2.38. The number of nitrogens with one attached hydrogen (secondary N) is 2. The summed E-state index contributed by atoms with van der Waals surface area (Å²) in [4.78, 5) is 4.28. The van der Waals surface area contributed by atoms with Gasteiger partial charge in [0, 0.05) is 11.7 Å². The third-order valence-corrected chi connectivity index (χ3v) is 2.24. The third kappa shape index (κ3) is 3.64. The van der Waals surface area contributed by atoms with E-state index in [0.717, 1.165) is 5.69 Å². The zero-order valence-electron chi connectivity index (χ0n) is 10.8. The van der Waals surface area contributed by atoms with Crippen LogP contribution in [-0.2, 0) is 0 Å². The molecule has 0 fully saturated rings. The van der Waals surface area contributed by atoms with E-state index in [1.165, 1.54) is 0 Å². The number of benzene rings is 1. The summed E-state index contributed by atoms with van der Waals surface area (Å²) in [6, 6.07) is 9.45. The molecular weight excluding hydrogens is 240 g/mol. The fourth-order valence-corrected chi connectivity index (χ4v) is 1.52. The maximum Gasteiger partial charge on any atom is 0.249 e. The van der Waals surface area contributed by atoms with Crippen molar-refractivity contribution in [1.29, 1.82) is 5.26 Å². The molecule has 96 valence electrons. The monoisotopic (exact) mass is 254 g/mol. The van der Waals surface area contributed by atoms with Crippen LogP contribution in [-0.4, -0.2) is 21.2 Å². The SMILES string of the molecule is CC(C)Nc1cnnc(Nc2cccc(C#N)c2)n1. The predicted octanol–water partition coefficient (Wildman–Crippen LogP) is 2.31. The first-order valence-electron chi connectivity index (χ1n) is 5.91. The summed E-state index contributed by atoms with van der Waals surface area (Å²) in [5.41, 5.74) is 1.33. The number of anilines is 3. The molecule has 0 aliphatic rings. The van der Waals surface area contributed by atoms with Crippen molar-refractivity contribution in [3.63, 3.8) is 0 Å². The molecule has 0 saturated heterocycles. The Hall–Kier alpha value is -2.68. The zero-order chi connectivity index (χ0) is 13.7. The zero-order valence-corrected chi connectivity index (χ0v) is 10.8. The van der Waals surface area contributed by atoms with Gasteiger partial charge in [-0.15, -0.1) is 5.10 Å². The summed E-state index contributed by atoms with van der Waals surface area (Å²) in [7, 11) is 0. The van der Waals surface area contributed by atoms with Crippen LogP contribution in [0.15, 0.2) is 30.5 Å². The lowest BCUT2D eigenvalue weighted by molar-refractivity contribution is 0.873. The Kier molecular flexibility index (Phi) is 3.88. The standard InChI is InChI=1S/C13H14N6/c1-9(2)16-12-8-15-19-13(18-12)17-11-5-3-4-10(6-11)7-14/h3-6,8-9H,1-2H3,(H2,16,17,18,19). The number of nitrogens with zero attached hydrogens (tertiary/aromatic N) is 4. The minimum atomic E-state index is 0.270. The number of aromatic nitrogens is 3. The van der Waals surface area contributed by atoms with E-state index in [9.17, 15) is 0 Å². The van der Waals surface area contributed by atoms with Crippen molar-refractivity contribution in [2.75, 3.05) is 10.6 Å². The lowest BCUT2D eigenvalue weighted by Crippen LogP contribution is -2.12. The van der Waals surface area contributed by atoms with Gasteiger partial charge in [0.25, 0.3) is 0 Å². The number of hydrogen-bond acceptors (Lipinski definition) is 6. The maximum atomic E-state index is 8.84. The largest absolute Gasteiger partial charge is 0.366 e. The molecule has 0 amide bonds.